The Kier molecular flexibility index (Phi) is 6.65. The third-order valence-electron chi connectivity index (χ3n) is 5.35. The highest BCUT2D eigenvalue weighted by Gasteiger charge is 2.19. The molecule has 12 heteroatoms. The number of pyridine rings is 1. The molecule has 0 bridgehead atoms. The normalized spacial score (nSPS) is 11.7. The number of nitro groups is 1. The van der Waals surface area contributed by atoms with Crippen molar-refractivity contribution in [3.8, 4) is 11.8 Å². The molecule has 2 heterocycles. The Hall–Kier alpha value is -4.05. The number of nitro benzene ring substituents is 1. The zero-order valence-electron chi connectivity index (χ0n) is 18.6. The summed E-state index contributed by atoms with van der Waals surface area (Å²) in [5.74, 6) is 0. The second-order valence-corrected chi connectivity index (χ2v) is 9.27. The van der Waals surface area contributed by atoms with E-state index < -0.39 is 20.6 Å². The Morgan fingerprint density at radius 2 is 1.77 bits per heavy atom. The maximum atomic E-state index is 13.2. The number of aromatic nitrogens is 2. The first-order chi connectivity index (χ1) is 16.7. The molecule has 0 aliphatic heterocycles. The van der Waals surface area contributed by atoms with Gasteiger partial charge in [-0.3, -0.25) is 23.7 Å². The van der Waals surface area contributed by atoms with E-state index in [1.165, 1.54) is 34.9 Å². The minimum atomic E-state index is -3.55. The molecule has 0 aliphatic rings. The molecule has 4 aromatic rings. The predicted octanol–water partition coefficient (Wildman–Crippen LogP) is 2.72. The molecule has 0 radical (unpaired) electrons. The molecular weight excluding hydrogens is 476 g/mol. The number of para-hydroxylation sites is 1. The molecule has 2 aromatic heterocycles. The van der Waals surface area contributed by atoms with Crippen LogP contribution >= 0.6 is 0 Å². The van der Waals surface area contributed by atoms with E-state index in [1.54, 1.807) is 0 Å². The molecule has 35 heavy (non-hydrogen) atoms. The van der Waals surface area contributed by atoms with Gasteiger partial charge < -0.3 is 9.30 Å². The largest absolute Gasteiger partial charge is 0.377 e. The Labute approximate surface area is 199 Å². The summed E-state index contributed by atoms with van der Waals surface area (Å²) in [6.45, 7) is 0.539. The summed E-state index contributed by atoms with van der Waals surface area (Å²) in [7, 11) is -3.55. The SMILES string of the molecule is CS(=O)(=O)OCCOCCn1c2ccccc2c2c1cc(C#N)c(=O)n2-c1ccc([N+](=O)[O-])cc1. The second-order valence-electron chi connectivity index (χ2n) is 7.62. The van der Waals surface area contributed by atoms with Crippen LogP contribution < -0.4 is 5.56 Å². The second kappa shape index (κ2) is 9.67. The van der Waals surface area contributed by atoms with E-state index in [0.29, 0.717) is 23.3 Å². The van der Waals surface area contributed by atoms with Gasteiger partial charge in [-0.2, -0.15) is 13.7 Å². The summed E-state index contributed by atoms with van der Waals surface area (Å²) in [6, 6.07) is 16.4. The van der Waals surface area contributed by atoms with Crippen LogP contribution in [-0.2, 0) is 25.6 Å². The number of nitriles is 1. The summed E-state index contributed by atoms with van der Waals surface area (Å²) >= 11 is 0. The fraction of sp³-hybridized carbons (Fsp3) is 0.217. The standard InChI is InChI=1S/C23H20N4O7S/c1-35(31,32)34-13-12-33-11-10-25-20-5-3-2-4-19(20)22-21(25)14-16(15-24)23(28)26(22)17-6-8-18(9-7-17)27(29)30/h2-9,14H,10-13H2,1H3. The van der Waals surface area contributed by atoms with Crippen molar-refractivity contribution >= 4 is 37.7 Å². The highest BCUT2D eigenvalue weighted by Crippen LogP contribution is 2.30. The quantitative estimate of drug-likeness (QED) is 0.149. The molecule has 180 valence electrons. The number of nitrogens with zero attached hydrogens (tertiary/aromatic N) is 4. The van der Waals surface area contributed by atoms with Gasteiger partial charge >= 0.3 is 0 Å². The van der Waals surface area contributed by atoms with Gasteiger partial charge in [0.15, 0.2) is 0 Å². The fourth-order valence-corrected chi connectivity index (χ4v) is 4.27. The van der Waals surface area contributed by atoms with E-state index in [2.05, 4.69) is 4.18 Å². The van der Waals surface area contributed by atoms with Crippen molar-refractivity contribution < 1.29 is 22.3 Å². The van der Waals surface area contributed by atoms with Crippen molar-refractivity contribution in [2.45, 2.75) is 6.54 Å². The van der Waals surface area contributed by atoms with Gasteiger partial charge in [-0.1, -0.05) is 18.2 Å². The first kappa shape index (κ1) is 24.1. The van der Waals surface area contributed by atoms with Crippen molar-refractivity contribution in [3.05, 3.63) is 80.6 Å². The first-order valence-electron chi connectivity index (χ1n) is 10.5. The van der Waals surface area contributed by atoms with Crippen LogP contribution in [-0.4, -0.2) is 48.6 Å². The van der Waals surface area contributed by atoms with Crippen molar-refractivity contribution in [1.29, 1.82) is 5.26 Å². The molecular formula is C23H20N4O7S. The van der Waals surface area contributed by atoms with Gasteiger partial charge in [-0.15, -0.1) is 0 Å². The number of fused-ring (bicyclic) bond motifs is 3. The molecule has 0 aliphatic carbocycles. The van der Waals surface area contributed by atoms with Crippen LogP contribution in [0.25, 0.3) is 27.6 Å². The van der Waals surface area contributed by atoms with Gasteiger partial charge in [-0.25, -0.2) is 0 Å². The molecule has 2 aromatic carbocycles. The number of rotatable bonds is 9. The molecule has 11 nitrogen and oxygen atoms in total. The maximum Gasteiger partial charge on any atom is 0.273 e. The zero-order chi connectivity index (χ0) is 25.2. The molecule has 0 unspecified atom stereocenters. The number of benzene rings is 2. The Balaban J connectivity index is 1.80. The number of ether oxygens (including phenoxy) is 1. The monoisotopic (exact) mass is 496 g/mol. The summed E-state index contributed by atoms with van der Waals surface area (Å²) in [5, 5.41) is 21.4. The Morgan fingerprint density at radius 1 is 1.06 bits per heavy atom. The average molecular weight is 497 g/mol. The van der Waals surface area contributed by atoms with Crippen LogP contribution in [0.2, 0.25) is 0 Å². The molecule has 4 rings (SSSR count). The van der Waals surface area contributed by atoms with Crippen LogP contribution in [0.15, 0.2) is 59.4 Å². The van der Waals surface area contributed by atoms with Crippen molar-refractivity contribution in [1.82, 2.24) is 9.13 Å². The van der Waals surface area contributed by atoms with Gasteiger partial charge in [0.1, 0.15) is 11.6 Å². The zero-order valence-corrected chi connectivity index (χ0v) is 19.4. The lowest BCUT2D eigenvalue weighted by Gasteiger charge is -2.11. The third kappa shape index (κ3) is 4.92. The lowest BCUT2D eigenvalue weighted by atomic mass is 10.2. The lowest BCUT2D eigenvalue weighted by molar-refractivity contribution is -0.384. The predicted molar refractivity (Wildman–Crippen MR) is 128 cm³/mol. The smallest absolute Gasteiger partial charge is 0.273 e. The fourth-order valence-electron chi connectivity index (χ4n) is 3.90. The number of non-ortho nitro benzene ring substituents is 1. The molecule has 0 saturated heterocycles. The molecule has 0 spiro atoms. The molecule has 0 fully saturated rings. The van der Waals surface area contributed by atoms with E-state index in [0.717, 1.165) is 17.2 Å². The summed E-state index contributed by atoms with van der Waals surface area (Å²) in [6.07, 6.45) is 0.961. The van der Waals surface area contributed by atoms with E-state index in [4.69, 9.17) is 4.74 Å². The molecule has 0 N–H and O–H groups in total. The van der Waals surface area contributed by atoms with E-state index in [1.807, 2.05) is 34.9 Å². The van der Waals surface area contributed by atoms with Gasteiger partial charge in [-0.05, 0) is 24.3 Å². The van der Waals surface area contributed by atoms with E-state index in [-0.39, 0.29) is 31.1 Å². The van der Waals surface area contributed by atoms with E-state index >= 15 is 0 Å². The third-order valence-corrected chi connectivity index (χ3v) is 5.94. The number of hydrogen-bond donors (Lipinski definition) is 0. The van der Waals surface area contributed by atoms with Crippen molar-refractivity contribution in [2.75, 3.05) is 26.1 Å². The Morgan fingerprint density at radius 3 is 2.43 bits per heavy atom. The van der Waals surface area contributed by atoms with Gasteiger partial charge in [0.2, 0.25) is 0 Å². The minimum absolute atomic E-state index is 0.0706. The first-order valence-corrected chi connectivity index (χ1v) is 12.3. The highest BCUT2D eigenvalue weighted by molar-refractivity contribution is 7.85. The van der Waals surface area contributed by atoms with Gasteiger partial charge in [0.25, 0.3) is 21.4 Å². The summed E-state index contributed by atoms with van der Waals surface area (Å²) < 4.78 is 35.6. The van der Waals surface area contributed by atoms with Crippen LogP contribution in [0.5, 0.6) is 0 Å². The Bertz CT molecular complexity index is 1630. The van der Waals surface area contributed by atoms with Crippen LogP contribution in [0.3, 0.4) is 0 Å². The van der Waals surface area contributed by atoms with Crippen LogP contribution in [0.4, 0.5) is 5.69 Å². The van der Waals surface area contributed by atoms with Crippen LogP contribution in [0, 0.1) is 21.4 Å². The van der Waals surface area contributed by atoms with E-state index in [9.17, 15) is 28.6 Å². The topological polar surface area (TPSA) is 146 Å². The van der Waals surface area contributed by atoms with Crippen molar-refractivity contribution in [2.24, 2.45) is 0 Å². The van der Waals surface area contributed by atoms with Crippen LogP contribution in [0.1, 0.15) is 5.56 Å². The molecule has 0 amide bonds. The maximum absolute atomic E-state index is 13.2. The summed E-state index contributed by atoms with van der Waals surface area (Å²) in [4.78, 5) is 23.7. The minimum Gasteiger partial charge on any atom is -0.377 e. The van der Waals surface area contributed by atoms with Gasteiger partial charge in [0.05, 0.1) is 47.5 Å². The summed E-state index contributed by atoms with van der Waals surface area (Å²) in [5.41, 5.74) is 1.61. The van der Waals surface area contributed by atoms with Gasteiger partial charge in [0, 0.05) is 29.8 Å². The average Bonchev–Trinajstić information content (AvgIpc) is 3.13. The molecule has 0 saturated carbocycles. The van der Waals surface area contributed by atoms with Crippen molar-refractivity contribution in [3.63, 3.8) is 0 Å². The number of hydrogen-bond acceptors (Lipinski definition) is 8. The highest BCUT2D eigenvalue weighted by atomic mass is 32.2. The lowest BCUT2D eigenvalue weighted by Crippen LogP contribution is -2.21. The molecule has 0 atom stereocenters.